The Labute approximate surface area is 69.6 Å². The molecule has 1 aromatic heterocycles. The fourth-order valence-electron chi connectivity index (χ4n) is 0.801. The summed E-state index contributed by atoms with van der Waals surface area (Å²) in [7, 11) is 0. The number of hydrogen-bond donors (Lipinski definition) is 1. The van der Waals surface area contributed by atoms with Crippen LogP contribution in [-0.2, 0) is 0 Å². The van der Waals surface area contributed by atoms with Crippen molar-refractivity contribution in [3.63, 3.8) is 0 Å². The Morgan fingerprint density at radius 1 is 1.33 bits per heavy atom. The van der Waals surface area contributed by atoms with Crippen molar-refractivity contribution in [1.29, 1.82) is 0 Å². The van der Waals surface area contributed by atoms with Crippen molar-refractivity contribution in [3.8, 4) is 0 Å². The van der Waals surface area contributed by atoms with Gasteiger partial charge in [0.25, 0.3) is 0 Å². The summed E-state index contributed by atoms with van der Waals surface area (Å²) in [6, 6.07) is 3.01. The van der Waals surface area contributed by atoms with Crippen molar-refractivity contribution in [2.45, 2.75) is 6.92 Å². The van der Waals surface area contributed by atoms with Gasteiger partial charge in [0.2, 0.25) is 5.91 Å². The van der Waals surface area contributed by atoms with E-state index in [9.17, 15) is 9.59 Å². The maximum Gasteiger partial charge on any atom is 0.389 e. The largest absolute Gasteiger partial charge is 0.389 e. The first-order valence-corrected chi connectivity index (χ1v) is 3.43. The van der Waals surface area contributed by atoms with Gasteiger partial charge in [0.1, 0.15) is 0 Å². The van der Waals surface area contributed by atoms with E-state index in [1.807, 2.05) is 0 Å². The molecular weight excluding hydrogens is 156 g/mol. The van der Waals surface area contributed by atoms with Gasteiger partial charge in [0.05, 0.1) is 12.5 Å². The van der Waals surface area contributed by atoms with Gasteiger partial charge in [-0.3, -0.25) is 4.79 Å². The minimum Gasteiger partial charge on any atom is -0.366 e. The zero-order valence-corrected chi connectivity index (χ0v) is 6.65. The van der Waals surface area contributed by atoms with E-state index in [0.29, 0.717) is 5.56 Å². The number of hydrogen-bond acceptors (Lipinski definition) is 2. The lowest BCUT2D eigenvalue weighted by Crippen LogP contribution is -2.39. The third kappa shape index (κ3) is 1.66. The van der Waals surface area contributed by atoms with Gasteiger partial charge >= 0.3 is 5.91 Å². The molecule has 4 heteroatoms. The van der Waals surface area contributed by atoms with Crippen molar-refractivity contribution < 1.29 is 14.2 Å². The Bertz CT molecular complexity index is 283. The minimum absolute atomic E-state index is 0.106. The van der Waals surface area contributed by atoms with Crippen molar-refractivity contribution in [1.82, 2.24) is 0 Å². The average molecular weight is 165 g/mol. The van der Waals surface area contributed by atoms with E-state index < -0.39 is 5.91 Å². The zero-order valence-electron chi connectivity index (χ0n) is 6.65. The predicted octanol–water partition coefficient (Wildman–Crippen LogP) is -0.267. The van der Waals surface area contributed by atoms with Crippen LogP contribution in [0.5, 0.6) is 0 Å². The Morgan fingerprint density at radius 2 is 1.83 bits per heavy atom. The first kappa shape index (κ1) is 8.39. The van der Waals surface area contributed by atoms with E-state index in [1.165, 1.54) is 36.0 Å². The van der Waals surface area contributed by atoms with Crippen molar-refractivity contribution in [2.75, 3.05) is 0 Å². The minimum atomic E-state index is -0.495. The molecule has 0 aliphatic rings. The lowest BCUT2D eigenvalue weighted by Gasteiger charge is -1.91. The molecule has 0 saturated heterocycles. The van der Waals surface area contributed by atoms with Crippen LogP contribution in [-0.4, -0.2) is 11.8 Å². The smallest absolute Gasteiger partial charge is 0.366 e. The third-order valence-electron chi connectivity index (χ3n) is 1.48. The molecule has 62 valence electrons. The van der Waals surface area contributed by atoms with E-state index in [0.717, 1.165) is 0 Å². The van der Waals surface area contributed by atoms with E-state index >= 15 is 0 Å². The Hall–Kier alpha value is -1.71. The monoisotopic (exact) mass is 165 g/mol. The Kier molecular flexibility index (Phi) is 2.19. The van der Waals surface area contributed by atoms with E-state index in [-0.39, 0.29) is 5.91 Å². The van der Waals surface area contributed by atoms with Crippen LogP contribution in [0.1, 0.15) is 22.1 Å². The summed E-state index contributed by atoms with van der Waals surface area (Å²) in [5.74, 6) is -0.600. The van der Waals surface area contributed by atoms with Gasteiger partial charge in [-0.25, -0.2) is 4.79 Å². The first-order valence-electron chi connectivity index (χ1n) is 3.43. The van der Waals surface area contributed by atoms with Crippen molar-refractivity contribution in [3.05, 3.63) is 30.1 Å². The highest BCUT2D eigenvalue weighted by Crippen LogP contribution is 1.91. The molecule has 2 N–H and O–H groups in total. The van der Waals surface area contributed by atoms with Crippen LogP contribution in [0.15, 0.2) is 24.5 Å². The van der Waals surface area contributed by atoms with Gasteiger partial charge in [0, 0.05) is 12.1 Å². The molecule has 4 nitrogen and oxygen atoms in total. The lowest BCUT2D eigenvalue weighted by molar-refractivity contribution is -0.572. The van der Waals surface area contributed by atoms with Crippen LogP contribution < -0.4 is 10.3 Å². The molecule has 0 aliphatic carbocycles. The fourth-order valence-corrected chi connectivity index (χ4v) is 0.801. The number of nitrogens with zero attached hydrogens (tertiary/aromatic N) is 1. The van der Waals surface area contributed by atoms with Crippen LogP contribution >= 0.6 is 0 Å². The molecule has 0 spiro atoms. The fraction of sp³-hybridized carbons (Fsp3) is 0.125. The molecule has 0 radical (unpaired) electrons. The highest BCUT2D eigenvalue weighted by molar-refractivity contribution is 5.92. The summed E-state index contributed by atoms with van der Waals surface area (Å²) in [6.07, 6.45) is 3.00. The summed E-state index contributed by atoms with van der Waals surface area (Å²) in [4.78, 5) is 21.4. The van der Waals surface area contributed by atoms with Crippen LogP contribution in [0.4, 0.5) is 0 Å². The molecule has 0 unspecified atom stereocenters. The van der Waals surface area contributed by atoms with E-state index in [1.54, 1.807) is 0 Å². The van der Waals surface area contributed by atoms with Gasteiger partial charge in [0.15, 0.2) is 12.4 Å². The summed E-state index contributed by atoms with van der Waals surface area (Å²) in [5, 5.41) is 0. The normalized spacial score (nSPS) is 9.42. The standard InChI is InChI=1S/C8H8N2O2/c1-6(11)10-4-2-7(3-5-10)8(9)12/h2-5H,1H3,(H-,9,12)/p+1. The molecule has 0 bridgehead atoms. The average Bonchev–Trinajstić information content (AvgIpc) is 2.04. The molecule has 0 aromatic carbocycles. The van der Waals surface area contributed by atoms with Crippen LogP contribution in [0.2, 0.25) is 0 Å². The van der Waals surface area contributed by atoms with Crippen molar-refractivity contribution in [2.24, 2.45) is 5.73 Å². The Morgan fingerprint density at radius 3 is 2.17 bits per heavy atom. The van der Waals surface area contributed by atoms with Gasteiger partial charge in [-0.15, -0.1) is 4.57 Å². The second-order valence-electron chi connectivity index (χ2n) is 2.38. The van der Waals surface area contributed by atoms with Gasteiger partial charge in [-0.05, 0) is 0 Å². The highest BCUT2D eigenvalue weighted by atomic mass is 16.2. The highest BCUT2D eigenvalue weighted by Gasteiger charge is 2.07. The summed E-state index contributed by atoms with van der Waals surface area (Å²) in [5.41, 5.74) is 5.40. The number of carbonyl (C=O) groups excluding carboxylic acids is 2. The number of aromatic nitrogens is 1. The third-order valence-corrected chi connectivity index (χ3v) is 1.48. The Balaban J connectivity index is 3.01. The molecule has 0 fully saturated rings. The second-order valence-corrected chi connectivity index (χ2v) is 2.38. The number of carbonyl (C=O) groups is 2. The zero-order chi connectivity index (χ0) is 9.14. The summed E-state index contributed by atoms with van der Waals surface area (Å²) < 4.78 is 1.37. The molecule has 0 atom stereocenters. The van der Waals surface area contributed by atoms with Crippen molar-refractivity contribution >= 4 is 11.8 Å². The SMILES string of the molecule is CC(=O)[n+]1ccc(C(N)=O)cc1. The lowest BCUT2D eigenvalue weighted by atomic mass is 10.2. The molecule has 0 saturated carbocycles. The van der Waals surface area contributed by atoms with Crippen LogP contribution in [0.25, 0.3) is 0 Å². The number of amides is 1. The maximum absolute atomic E-state index is 10.8. The summed E-state index contributed by atoms with van der Waals surface area (Å²) >= 11 is 0. The number of rotatable bonds is 1. The van der Waals surface area contributed by atoms with Gasteiger partial charge in [-0.1, -0.05) is 0 Å². The molecule has 1 aromatic rings. The second kappa shape index (κ2) is 3.13. The van der Waals surface area contributed by atoms with E-state index in [4.69, 9.17) is 5.73 Å². The quantitative estimate of drug-likeness (QED) is 0.582. The molecular formula is C8H9N2O2+. The molecule has 0 aliphatic heterocycles. The molecule has 1 heterocycles. The molecule has 12 heavy (non-hydrogen) atoms. The van der Waals surface area contributed by atoms with E-state index in [2.05, 4.69) is 0 Å². The summed E-state index contributed by atoms with van der Waals surface area (Å²) in [6.45, 7) is 1.43. The van der Waals surface area contributed by atoms with Gasteiger partial charge in [-0.2, -0.15) is 0 Å². The molecule has 1 rings (SSSR count). The van der Waals surface area contributed by atoms with Gasteiger partial charge < -0.3 is 5.73 Å². The van der Waals surface area contributed by atoms with Crippen LogP contribution in [0, 0.1) is 0 Å². The maximum atomic E-state index is 10.8. The molecule has 1 amide bonds. The topological polar surface area (TPSA) is 64.0 Å². The predicted molar refractivity (Wildman–Crippen MR) is 41.5 cm³/mol. The number of pyridine rings is 1. The first-order chi connectivity index (χ1) is 5.61. The number of nitrogens with two attached hydrogens (primary N) is 1. The van der Waals surface area contributed by atoms with Crippen LogP contribution in [0.3, 0.4) is 0 Å². The number of primary amides is 1.